The van der Waals surface area contributed by atoms with E-state index in [9.17, 15) is 9.59 Å². The number of ether oxygens (including phenoxy) is 2. The number of carbonyl (C=O) groups excluding carboxylic acids is 2. The Labute approximate surface area is 159 Å². The third kappa shape index (κ3) is 5.74. The Morgan fingerprint density at radius 3 is 1.89 bits per heavy atom. The molecule has 0 heterocycles. The molecule has 0 aliphatic rings. The van der Waals surface area contributed by atoms with Crippen LogP contribution in [0.4, 0.5) is 11.4 Å². The molecule has 2 aromatic carbocycles. The van der Waals surface area contributed by atoms with Gasteiger partial charge in [0.2, 0.25) is 0 Å². The molecule has 0 atom stereocenters. The highest BCUT2D eigenvalue weighted by atomic mass is 16.5. The van der Waals surface area contributed by atoms with Gasteiger partial charge in [0.25, 0.3) is 0 Å². The van der Waals surface area contributed by atoms with E-state index in [2.05, 4.69) is 24.5 Å². The van der Waals surface area contributed by atoms with Crippen LogP contribution >= 0.6 is 0 Å². The van der Waals surface area contributed by atoms with Gasteiger partial charge in [-0.25, -0.2) is 0 Å². The quantitative estimate of drug-likeness (QED) is 0.717. The maximum Gasteiger partial charge on any atom is 0.314 e. The number of carbonyl (C=O) groups is 2. The van der Waals surface area contributed by atoms with Crippen LogP contribution in [0.3, 0.4) is 0 Å². The normalized spacial score (nSPS) is 10.4. The molecule has 144 valence electrons. The van der Waals surface area contributed by atoms with Crippen LogP contribution in [0.1, 0.15) is 39.2 Å². The highest BCUT2D eigenvalue weighted by molar-refractivity contribution is 6.43. The average molecular weight is 370 g/mol. The zero-order valence-corrected chi connectivity index (χ0v) is 16.2. The van der Waals surface area contributed by atoms with E-state index < -0.39 is 11.8 Å². The molecular formula is C21H26N2O4. The van der Waals surface area contributed by atoms with E-state index in [4.69, 9.17) is 9.47 Å². The Morgan fingerprint density at radius 1 is 0.815 bits per heavy atom. The minimum atomic E-state index is -0.755. The number of benzene rings is 2. The van der Waals surface area contributed by atoms with Gasteiger partial charge in [0.15, 0.2) is 11.5 Å². The van der Waals surface area contributed by atoms with Crippen molar-refractivity contribution in [3.05, 3.63) is 48.0 Å². The van der Waals surface area contributed by atoms with E-state index in [-0.39, 0.29) is 0 Å². The van der Waals surface area contributed by atoms with Crippen LogP contribution in [-0.4, -0.2) is 25.0 Å². The number of amides is 2. The molecule has 0 radical (unpaired) electrons. The summed E-state index contributed by atoms with van der Waals surface area (Å²) in [5.41, 5.74) is 2.19. The van der Waals surface area contributed by atoms with Crippen LogP contribution in [-0.2, 0) is 9.59 Å². The van der Waals surface area contributed by atoms with E-state index in [1.165, 1.54) is 0 Å². The lowest BCUT2D eigenvalue weighted by molar-refractivity contribution is -0.132. The van der Waals surface area contributed by atoms with E-state index in [0.717, 1.165) is 5.56 Å². The lowest BCUT2D eigenvalue weighted by Gasteiger charge is -2.13. The van der Waals surface area contributed by atoms with Gasteiger partial charge in [-0.05, 0) is 49.6 Å². The van der Waals surface area contributed by atoms with E-state index in [1.54, 1.807) is 30.3 Å². The third-order valence-corrected chi connectivity index (χ3v) is 3.84. The van der Waals surface area contributed by atoms with Crippen molar-refractivity contribution in [1.82, 2.24) is 0 Å². The molecule has 2 N–H and O–H groups in total. The minimum Gasteiger partial charge on any atom is -0.490 e. The summed E-state index contributed by atoms with van der Waals surface area (Å²) in [6.07, 6.45) is 0. The number of nitrogens with one attached hydrogen (secondary N) is 2. The molecule has 6 heteroatoms. The molecular weight excluding hydrogens is 344 g/mol. The summed E-state index contributed by atoms with van der Waals surface area (Å²) in [6.45, 7) is 8.89. The Hall–Kier alpha value is -3.02. The molecule has 0 fully saturated rings. The summed E-state index contributed by atoms with van der Waals surface area (Å²) in [5.74, 6) is 0.0137. The highest BCUT2D eigenvalue weighted by Gasteiger charge is 2.15. The van der Waals surface area contributed by atoms with Gasteiger partial charge in [-0.2, -0.15) is 0 Å². The third-order valence-electron chi connectivity index (χ3n) is 3.84. The molecule has 0 aliphatic carbocycles. The number of anilines is 2. The van der Waals surface area contributed by atoms with Gasteiger partial charge in [0.1, 0.15) is 0 Å². The molecule has 0 saturated heterocycles. The SMILES string of the molecule is CCOc1ccc(NC(=O)C(=O)Nc2ccc(C(C)C)cc2)cc1OCC. The van der Waals surface area contributed by atoms with E-state index >= 15 is 0 Å². The topological polar surface area (TPSA) is 76.7 Å². The zero-order valence-electron chi connectivity index (χ0n) is 16.2. The number of rotatable bonds is 7. The van der Waals surface area contributed by atoms with Crippen molar-refractivity contribution in [2.45, 2.75) is 33.6 Å². The van der Waals surface area contributed by atoms with Crippen molar-refractivity contribution < 1.29 is 19.1 Å². The Bertz CT molecular complexity index is 785. The molecule has 0 spiro atoms. The van der Waals surface area contributed by atoms with E-state index in [1.807, 2.05) is 26.0 Å². The molecule has 0 saturated carbocycles. The molecule has 0 aliphatic heterocycles. The maximum atomic E-state index is 12.2. The van der Waals surface area contributed by atoms with Crippen LogP contribution in [0.15, 0.2) is 42.5 Å². The molecule has 2 aromatic rings. The first-order valence-electron chi connectivity index (χ1n) is 9.06. The van der Waals surface area contributed by atoms with Gasteiger partial charge in [-0.1, -0.05) is 26.0 Å². The van der Waals surface area contributed by atoms with Crippen molar-refractivity contribution in [3.8, 4) is 11.5 Å². The summed E-state index contributed by atoms with van der Waals surface area (Å²) < 4.78 is 11.0. The van der Waals surface area contributed by atoms with E-state index in [0.29, 0.717) is 42.0 Å². The largest absolute Gasteiger partial charge is 0.490 e. The summed E-state index contributed by atoms with van der Waals surface area (Å²) >= 11 is 0. The number of hydrogen-bond acceptors (Lipinski definition) is 4. The first-order chi connectivity index (χ1) is 12.9. The molecule has 2 rings (SSSR count). The fourth-order valence-corrected chi connectivity index (χ4v) is 2.46. The lowest BCUT2D eigenvalue weighted by Crippen LogP contribution is -2.29. The average Bonchev–Trinajstić information content (AvgIpc) is 2.64. The summed E-state index contributed by atoms with van der Waals surface area (Å²) in [4.78, 5) is 24.3. The molecule has 6 nitrogen and oxygen atoms in total. The zero-order chi connectivity index (χ0) is 19.8. The fourth-order valence-electron chi connectivity index (χ4n) is 2.46. The van der Waals surface area contributed by atoms with Crippen molar-refractivity contribution in [2.24, 2.45) is 0 Å². The van der Waals surface area contributed by atoms with Crippen molar-refractivity contribution in [1.29, 1.82) is 0 Å². The predicted molar refractivity (Wildman–Crippen MR) is 107 cm³/mol. The second kappa shape index (κ2) is 9.62. The molecule has 0 bridgehead atoms. The summed E-state index contributed by atoms with van der Waals surface area (Å²) in [6, 6.07) is 12.4. The van der Waals surface area contributed by atoms with Gasteiger partial charge in [-0.15, -0.1) is 0 Å². The lowest BCUT2D eigenvalue weighted by atomic mass is 10.0. The highest BCUT2D eigenvalue weighted by Crippen LogP contribution is 2.30. The van der Waals surface area contributed by atoms with Crippen LogP contribution in [0, 0.1) is 0 Å². The Kier molecular flexibility index (Phi) is 7.23. The Morgan fingerprint density at radius 2 is 1.33 bits per heavy atom. The smallest absolute Gasteiger partial charge is 0.314 e. The van der Waals surface area contributed by atoms with Crippen LogP contribution in [0.5, 0.6) is 11.5 Å². The van der Waals surface area contributed by atoms with Crippen LogP contribution < -0.4 is 20.1 Å². The maximum absolute atomic E-state index is 12.2. The van der Waals surface area contributed by atoms with Crippen LogP contribution in [0.25, 0.3) is 0 Å². The Balaban J connectivity index is 2.03. The first kappa shape index (κ1) is 20.3. The first-order valence-corrected chi connectivity index (χ1v) is 9.06. The second-order valence-electron chi connectivity index (χ2n) is 6.21. The summed E-state index contributed by atoms with van der Waals surface area (Å²) in [5, 5.41) is 5.17. The van der Waals surface area contributed by atoms with Gasteiger partial charge >= 0.3 is 11.8 Å². The second-order valence-corrected chi connectivity index (χ2v) is 6.21. The number of hydrogen-bond donors (Lipinski definition) is 2. The van der Waals surface area contributed by atoms with Crippen molar-refractivity contribution in [3.63, 3.8) is 0 Å². The van der Waals surface area contributed by atoms with Gasteiger partial charge < -0.3 is 20.1 Å². The predicted octanol–water partition coefficient (Wildman–Crippen LogP) is 4.18. The van der Waals surface area contributed by atoms with Gasteiger partial charge in [0, 0.05) is 17.4 Å². The molecule has 2 amide bonds. The standard InChI is InChI=1S/C21H26N2O4/c1-5-26-18-12-11-17(13-19(18)27-6-2)23-21(25)20(24)22-16-9-7-15(8-10-16)14(3)4/h7-14H,5-6H2,1-4H3,(H,22,24)(H,23,25). The molecule has 0 aromatic heterocycles. The summed E-state index contributed by atoms with van der Waals surface area (Å²) in [7, 11) is 0. The molecule has 0 unspecified atom stereocenters. The van der Waals surface area contributed by atoms with Crippen LogP contribution in [0.2, 0.25) is 0 Å². The van der Waals surface area contributed by atoms with Crippen molar-refractivity contribution >= 4 is 23.2 Å². The van der Waals surface area contributed by atoms with Gasteiger partial charge in [-0.3, -0.25) is 9.59 Å². The van der Waals surface area contributed by atoms with Gasteiger partial charge in [0.05, 0.1) is 13.2 Å². The fraction of sp³-hybridized carbons (Fsp3) is 0.333. The minimum absolute atomic E-state index is 0.400. The monoisotopic (exact) mass is 370 g/mol. The van der Waals surface area contributed by atoms with Crippen molar-refractivity contribution in [2.75, 3.05) is 23.8 Å². The molecule has 27 heavy (non-hydrogen) atoms.